The molecular formula is C8H18O4. The first kappa shape index (κ1) is 17.4. The fourth-order valence-corrected chi connectivity index (χ4v) is 0. The Morgan fingerprint density at radius 2 is 1.50 bits per heavy atom. The summed E-state index contributed by atoms with van der Waals surface area (Å²) in [6.07, 6.45) is 1.75. The molecule has 0 aromatic carbocycles. The topological polar surface area (TPSA) is 77.8 Å². The van der Waals surface area contributed by atoms with Crippen molar-refractivity contribution in [2.75, 3.05) is 19.8 Å². The van der Waals surface area contributed by atoms with Gasteiger partial charge >= 0.3 is 0 Å². The molecule has 0 aromatic heterocycles. The summed E-state index contributed by atoms with van der Waals surface area (Å²) >= 11 is 0. The number of Topliss-reactive ketones (excluding diaryl/α,β-unsaturated/α-hetero) is 1. The molecule has 0 unspecified atom stereocenters. The predicted octanol–water partition coefficient (Wildman–Crippen LogP) is -0.269. The highest BCUT2D eigenvalue weighted by Gasteiger charge is 1.78. The van der Waals surface area contributed by atoms with Gasteiger partial charge in [0.2, 0.25) is 0 Å². The number of hydrogen-bond acceptors (Lipinski definition) is 4. The largest absolute Gasteiger partial charge is 0.394 e. The van der Waals surface area contributed by atoms with Crippen LogP contribution in [-0.4, -0.2) is 40.9 Å². The highest BCUT2D eigenvalue weighted by atomic mass is 16.3. The lowest BCUT2D eigenvalue weighted by atomic mass is 10.5. The van der Waals surface area contributed by atoms with E-state index in [1.807, 2.05) is 6.92 Å². The molecule has 0 saturated heterocycles. The average Bonchev–Trinajstić information content (AvgIpc) is 2.06. The van der Waals surface area contributed by atoms with Crippen molar-refractivity contribution in [2.45, 2.75) is 13.8 Å². The lowest BCUT2D eigenvalue weighted by Crippen LogP contribution is -1.93. The summed E-state index contributed by atoms with van der Waals surface area (Å²) in [5.41, 5.74) is 0. The minimum atomic E-state index is -0.333. The van der Waals surface area contributed by atoms with Crippen LogP contribution in [0.2, 0.25) is 0 Å². The maximum absolute atomic E-state index is 9.56. The van der Waals surface area contributed by atoms with Gasteiger partial charge in [-0.15, -0.1) is 6.58 Å². The Morgan fingerprint density at radius 1 is 1.33 bits per heavy atom. The molecule has 0 amide bonds. The van der Waals surface area contributed by atoms with Crippen molar-refractivity contribution in [1.82, 2.24) is 0 Å². The van der Waals surface area contributed by atoms with E-state index < -0.39 is 0 Å². The molecular weight excluding hydrogens is 160 g/mol. The molecule has 0 spiro atoms. The minimum absolute atomic E-state index is 0.125. The van der Waals surface area contributed by atoms with Gasteiger partial charge in [0, 0.05) is 0 Å². The van der Waals surface area contributed by atoms with Gasteiger partial charge in [0.15, 0.2) is 5.78 Å². The van der Waals surface area contributed by atoms with E-state index in [9.17, 15) is 4.79 Å². The Morgan fingerprint density at radius 3 is 1.50 bits per heavy atom. The van der Waals surface area contributed by atoms with Gasteiger partial charge in [0.05, 0.1) is 13.2 Å². The van der Waals surface area contributed by atoms with E-state index in [0.29, 0.717) is 0 Å². The van der Waals surface area contributed by atoms with Crippen molar-refractivity contribution in [3.8, 4) is 0 Å². The minimum Gasteiger partial charge on any atom is -0.394 e. The first-order chi connectivity index (χ1) is 5.60. The monoisotopic (exact) mass is 178 g/mol. The molecule has 12 heavy (non-hydrogen) atoms. The predicted molar refractivity (Wildman–Crippen MR) is 47.8 cm³/mol. The molecule has 0 aromatic rings. The second-order valence-electron chi connectivity index (χ2n) is 1.72. The fourth-order valence-electron chi connectivity index (χ4n) is 0. The molecule has 0 aliphatic rings. The second-order valence-corrected chi connectivity index (χ2v) is 1.72. The van der Waals surface area contributed by atoms with Crippen LogP contribution in [0.15, 0.2) is 12.7 Å². The zero-order valence-corrected chi connectivity index (χ0v) is 7.66. The Hall–Kier alpha value is -0.710. The summed E-state index contributed by atoms with van der Waals surface area (Å²) in [7, 11) is 0. The standard InChI is InChI=1S/C3H6O2.C3H6.C2H6O2/c1-3(5)2-4;1-3-2;3-1-2-4/h4H,2H2,1H3;3H,1H2,2H3;3-4H,1-2H2. The molecule has 0 saturated carbocycles. The van der Waals surface area contributed by atoms with E-state index in [4.69, 9.17) is 15.3 Å². The molecule has 0 aliphatic heterocycles. The fraction of sp³-hybridized carbons (Fsp3) is 0.625. The van der Waals surface area contributed by atoms with Gasteiger partial charge in [-0.3, -0.25) is 4.79 Å². The van der Waals surface area contributed by atoms with Gasteiger partial charge in [-0.25, -0.2) is 0 Å². The third-order valence-corrected chi connectivity index (χ3v) is 0.323. The summed E-state index contributed by atoms with van der Waals surface area (Å²) < 4.78 is 0. The van der Waals surface area contributed by atoms with Crippen LogP contribution >= 0.6 is 0 Å². The third-order valence-electron chi connectivity index (χ3n) is 0.323. The number of ketones is 1. The molecule has 4 nitrogen and oxygen atoms in total. The molecule has 0 rings (SSSR count). The van der Waals surface area contributed by atoms with E-state index in [1.54, 1.807) is 6.08 Å². The number of aliphatic hydroxyl groups excluding tert-OH is 3. The maximum atomic E-state index is 9.56. The number of carbonyl (C=O) groups excluding carboxylic acids is 1. The lowest BCUT2D eigenvalue weighted by Gasteiger charge is -1.72. The van der Waals surface area contributed by atoms with E-state index in [0.717, 1.165) is 0 Å². The number of hydrogen-bond donors (Lipinski definition) is 3. The van der Waals surface area contributed by atoms with Gasteiger partial charge in [-0.05, 0) is 13.8 Å². The Labute approximate surface area is 73.2 Å². The van der Waals surface area contributed by atoms with Gasteiger partial charge in [0.1, 0.15) is 6.61 Å². The van der Waals surface area contributed by atoms with Gasteiger partial charge in [-0.2, -0.15) is 0 Å². The first-order valence-electron chi connectivity index (χ1n) is 3.49. The van der Waals surface area contributed by atoms with E-state index >= 15 is 0 Å². The van der Waals surface area contributed by atoms with Crippen molar-refractivity contribution in [2.24, 2.45) is 0 Å². The van der Waals surface area contributed by atoms with Crippen molar-refractivity contribution >= 4 is 5.78 Å². The molecule has 0 fully saturated rings. The second kappa shape index (κ2) is 22.4. The van der Waals surface area contributed by atoms with Gasteiger partial charge in [-0.1, -0.05) is 6.08 Å². The highest BCUT2D eigenvalue weighted by molar-refractivity contribution is 5.76. The van der Waals surface area contributed by atoms with E-state index in [1.165, 1.54) is 6.92 Å². The number of rotatable bonds is 2. The Kier molecular flexibility index (Phi) is 32.5. The van der Waals surface area contributed by atoms with Crippen LogP contribution in [0.25, 0.3) is 0 Å². The normalized spacial score (nSPS) is 6.75. The summed E-state index contributed by atoms with van der Waals surface area (Å²) in [5.74, 6) is -0.190. The summed E-state index contributed by atoms with van der Waals surface area (Å²) in [6, 6.07) is 0. The maximum Gasteiger partial charge on any atom is 0.155 e. The van der Waals surface area contributed by atoms with Crippen LogP contribution in [0.3, 0.4) is 0 Å². The average molecular weight is 178 g/mol. The van der Waals surface area contributed by atoms with Crippen LogP contribution in [0, 0.1) is 0 Å². The van der Waals surface area contributed by atoms with E-state index in [2.05, 4.69) is 6.58 Å². The molecule has 0 bridgehead atoms. The SMILES string of the molecule is C=CC.CC(=O)CO.OCCO. The van der Waals surface area contributed by atoms with Crippen LogP contribution in [0.4, 0.5) is 0 Å². The number of aliphatic hydroxyl groups is 3. The number of carbonyl (C=O) groups is 1. The molecule has 0 radical (unpaired) electrons. The van der Waals surface area contributed by atoms with Crippen molar-refractivity contribution in [3.63, 3.8) is 0 Å². The van der Waals surface area contributed by atoms with Crippen LogP contribution in [-0.2, 0) is 4.79 Å². The number of allylic oxidation sites excluding steroid dienone is 1. The zero-order chi connectivity index (χ0) is 10.4. The van der Waals surface area contributed by atoms with Crippen LogP contribution in [0.1, 0.15) is 13.8 Å². The van der Waals surface area contributed by atoms with Gasteiger partial charge < -0.3 is 15.3 Å². The van der Waals surface area contributed by atoms with Crippen LogP contribution < -0.4 is 0 Å². The summed E-state index contributed by atoms with van der Waals surface area (Å²) in [4.78, 5) is 9.56. The first-order valence-corrected chi connectivity index (χ1v) is 3.49. The highest BCUT2D eigenvalue weighted by Crippen LogP contribution is 1.55. The molecule has 0 heterocycles. The molecule has 3 N–H and O–H groups in total. The molecule has 74 valence electrons. The van der Waals surface area contributed by atoms with Crippen LogP contribution in [0.5, 0.6) is 0 Å². The van der Waals surface area contributed by atoms with Gasteiger partial charge in [0.25, 0.3) is 0 Å². The molecule has 4 heteroatoms. The van der Waals surface area contributed by atoms with Crippen molar-refractivity contribution in [1.29, 1.82) is 0 Å². The smallest absolute Gasteiger partial charge is 0.155 e. The zero-order valence-electron chi connectivity index (χ0n) is 7.66. The molecule has 0 aliphatic carbocycles. The third kappa shape index (κ3) is 122. The Bertz CT molecular complexity index is 89.1. The van der Waals surface area contributed by atoms with E-state index in [-0.39, 0.29) is 25.6 Å². The van der Waals surface area contributed by atoms with Crippen molar-refractivity contribution in [3.05, 3.63) is 12.7 Å². The van der Waals surface area contributed by atoms with Crippen molar-refractivity contribution < 1.29 is 20.1 Å². The quantitative estimate of drug-likeness (QED) is 0.509. The Balaban J connectivity index is -0.000000105. The molecule has 0 atom stereocenters. The summed E-state index contributed by atoms with van der Waals surface area (Å²) in [6.45, 7) is 6.00. The lowest BCUT2D eigenvalue weighted by molar-refractivity contribution is -0.119. The summed E-state index contributed by atoms with van der Waals surface area (Å²) in [5, 5.41) is 23.0.